The van der Waals surface area contributed by atoms with Gasteiger partial charge in [0, 0.05) is 27.2 Å². The van der Waals surface area contributed by atoms with Crippen molar-refractivity contribution < 1.29 is 14.6 Å². The molecule has 0 unspecified atom stereocenters. The number of carbonyl (C=O) groups excluding carboxylic acids is 1. The highest BCUT2D eigenvalue weighted by atomic mass is 16.6. The van der Waals surface area contributed by atoms with E-state index in [-0.39, 0.29) is 16.9 Å². The largest absolute Gasteiger partial charge is 0.362 e. The second-order valence-corrected chi connectivity index (χ2v) is 4.56. The zero-order valence-electron chi connectivity index (χ0n) is 10.9. The van der Waals surface area contributed by atoms with E-state index in [1.807, 2.05) is 0 Å². The van der Waals surface area contributed by atoms with Crippen molar-refractivity contribution in [1.29, 1.82) is 0 Å². The van der Waals surface area contributed by atoms with E-state index in [0.29, 0.717) is 13.1 Å². The number of nitro benzene ring substituents is 2. The molecule has 0 atom stereocenters. The molecule has 1 aliphatic heterocycles. The fourth-order valence-corrected chi connectivity index (χ4v) is 1.82. The van der Waals surface area contributed by atoms with Crippen molar-refractivity contribution in [2.24, 2.45) is 0 Å². The SMILES string of the molecule is CN(C)C(=O)c1cc(N2CC2)c([N+](=O)[O-])cc1[N+](=O)[O-]. The second-order valence-electron chi connectivity index (χ2n) is 4.56. The first-order valence-electron chi connectivity index (χ1n) is 5.76. The van der Waals surface area contributed by atoms with E-state index in [4.69, 9.17) is 0 Å². The Balaban J connectivity index is 2.66. The smallest absolute Gasteiger partial charge is 0.299 e. The van der Waals surface area contributed by atoms with Crippen LogP contribution < -0.4 is 4.90 Å². The molecule has 1 aromatic rings. The Labute approximate surface area is 113 Å². The number of nitrogens with zero attached hydrogens (tertiary/aromatic N) is 4. The van der Waals surface area contributed by atoms with Crippen LogP contribution in [0.2, 0.25) is 0 Å². The summed E-state index contributed by atoms with van der Waals surface area (Å²) in [6.45, 7) is 1.27. The molecule has 20 heavy (non-hydrogen) atoms. The van der Waals surface area contributed by atoms with E-state index in [1.165, 1.54) is 25.1 Å². The predicted octanol–water partition coefficient (Wildman–Crippen LogP) is 1.02. The van der Waals surface area contributed by atoms with Crippen LogP contribution in [0.4, 0.5) is 17.1 Å². The number of hydrogen-bond acceptors (Lipinski definition) is 6. The third-order valence-corrected chi connectivity index (χ3v) is 2.91. The lowest BCUT2D eigenvalue weighted by Crippen LogP contribution is -2.23. The van der Waals surface area contributed by atoms with Crippen LogP contribution in [0.25, 0.3) is 0 Å². The van der Waals surface area contributed by atoms with Gasteiger partial charge in [-0.25, -0.2) is 0 Å². The molecular formula is C11H12N4O5. The molecule has 2 rings (SSSR count). The molecule has 0 N–H and O–H groups in total. The van der Waals surface area contributed by atoms with Crippen LogP contribution in [0, 0.1) is 20.2 Å². The first kappa shape index (κ1) is 13.7. The fraction of sp³-hybridized carbons (Fsp3) is 0.364. The summed E-state index contributed by atoms with van der Waals surface area (Å²) >= 11 is 0. The van der Waals surface area contributed by atoms with Gasteiger partial charge in [-0.1, -0.05) is 0 Å². The number of hydrogen-bond donors (Lipinski definition) is 0. The molecule has 0 aliphatic carbocycles. The van der Waals surface area contributed by atoms with Gasteiger partial charge in [0.15, 0.2) is 0 Å². The van der Waals surface area contributed by atoms with Crippen molar-refractivity contribution in [1.82, 2.24) is 4.90 Å². The van der Waals surface area contributed by atoms with Gasteiger partial charge < -0.3 is 9.80 Å². The Bertz CT molecular complexity index is 609. The van der Waals surface area contributed by atoms with Crippen LogP contribution in [-0.2, 0) is 0 Å². The predicted molar refractivity (Wildman–Crippen MR) is 70.0 cm³/mol. The van der Waals surface area contributed by atoms with Crippen molar-refractivity contribution >= 4 is 23.0 Å². The molecule has 9 nitrogen and oxygen atoms in total. The molecule has 0 spiro atoms. The van der Waals surface area contributed by atoms with Crippen LogP contribution in [-0.4, -0.2) is 47.8 Å². The Morgan fingerprint density at radius 2 is 1.70 bits per heavy atom. The quantitative estimate of drug-likeness (QED) is 0.462. The molecule has 1 aromatic carbocycles. The van der Waals surface area contributed by atoms with Gasteiger partial charge >= 0.3 is 0 Å². The van der Waals surface area contributed by atoms with E-state index in [0.717, 1.165) is 6.07 Å². The summed E-state index contributed by atoms with van der Waals surface area (Å²) in [5, 5.41) is 22.0. The monoisotopic (exact) mass is 280 g/mol. The van der Waals surface area contributed by atoms with Gasteiger partial charge in [0.05, 0.1) is 15.9 Å². The minimum atomic E-state index is -0.782. The summed E-state index contributed by atoms with van der Waals surface area (Å²) in [4.78, 5) is 35.4. The standard InChI is InChI=1S/C11H12N4O5/c1-12(2)11(16)7-5-9(13-3-4-13)10(15(19)20)6-8(7)14(17)18/h5-6H,3-4H2,1-2H3. The Hall–Kier alpha value is -2.71. The average Bonchev–Trinajstić information content (AvgIpc) is 3.19. The van der Waals surface area contributed by atoms with Gasteiger partial charge in [-0.3, -0.25) is 25.0 Å². The van der Waals surface area contributed by atoms with Gasteiger partial charge in [-0.05, 0) is 6.07 Å². The summed E-state index contributed by atoms with van der Waals surface area (Å²) in [5.41, 5.74) is -0.816. The molecule has 9 heteroatoms. The van der Waals surface area contributed by atoms with Crippen molar-refractivity contribution in [2.75, 3.05) is 32.1 Å². The Kier molecular flexibility index (Phi) is 3.26. The van der Waals surface area contributed by atoms with Crippen LogP contribution in [0.1, 0.15) is 10.4 Å². The third kappa shape index (κ3) is 2.37. The summed E-state index contributed by atoms with van der Waals surface area (Å²) in [6, 6.07) is 2.08. The van der Waals surface area contributed by atoms with Crippen molar-refractivity contribution in [3.63, 3.8) is 0 Å². The van der Waals surface area contributed by atoms with Gasteiger partial charge in [0.1, 0.15) is 11.3 Å². The summed E-state index contributed by atoms with van der Waals surface area (Å²) in [6.07, 6.45) is 0. The molecule has 1 fully saturated rings. The van der Waals surface area contributed by atoms with Crippen LogP contribution in [0.15, 0.2) is 12.1 Å². The lowest BCUT2D eigenvalue weighted by Gasteiger charge is -2.12. The Morgan fingerprint density at radius 1 is 1.15 bits per heavy atom. The summed E-state index contributed by atoms with van der Waals surface area (Å²) in [5.74, 6) is -0.560. The zero-order chi connectivity index (χ0) is 15.0. The second kappa shape index (κ2) is 4.76. The van der Waals surface area contributed by atoms with Crippen LogP contribution in [0.5, 0.6) is 0 Å². The maximum absolute atomic E-state index is 12.0. The number of anilines is 1. The maximum atomic E-state index is 12.0. The Morgan fingerprint density at radius 3 is 2.10 bits per heavy atom. The molecule has 0 saturated carbocycles. The van der Waals surface area contributed by atoms with E-state index in [9.17, 15) is 25.0 Å². The molecule has 1 aliphatic rings. The van der Waals surface area contributed by atoms with E-state index in [1.54, 1.807) is 4.90 Å². The highest BCUT2D eigenvalue weighted by molar-refractivity contribution is 6.00. The minimum Gasteiger partial charge on any atom is -0.362 e. The van der Waals surface area contributed by atoms with E-state index < -0.39 is 21.4 Å². The lowest BCUT2D eigenvalue weighted by molar-refractivity contribution is -0.393. The van der Waals surface area contributed by atoms with Gasteiger partial charge in [0.2, 0.25) is 0 Å². The van der Waals surface area contributed by atoms with Crippen molar-refractivity contribution in [2.45, 2.75) is 0 Å². The maximum Gasteiger partial charge on any atom is 0.299 e. The molecule has 0 aromatic heterocycles. The summed E-state index contributed by atoms with van der Waals surface area (Å²) < 4.78 is 0. The van der Waals surface area contributed by atoms with Gasteiger partial charge in [-0.2, -0.15) is 0 Å². The zero-order valence-corrected chi connectivity index (χ0v) is 10.9. The third-order valence-electron chi connectivity index (χ3n) is 2.91. The minimum absolute atomic E-state index is 0.146. The molecule has 0 bridgehead atoms. The van der Waals surface area contributed by atoms with E-state index in [2.05, 4.69) is 0 Å². The molecule has 1 heterocycles. The fourth-order valence-electron chi connectivity index (χ4n) is 1.82. The van der Waals surface area contributed by atoms with E-state index >= 15 is 0 Å². The molecule has 1 saturated heterocycles. The average molecular weight is 280 g/mol. The topological polar surface area (TPSA) is 110 Å². The number of nitro groups is 2. The van der Waals surface area contributed by atoms with Crippen LogP contribution in [0.3, 0.4) is 0 Å². The normalized spacial score (nSPS) is 13.0. The lowest BCUT2D eigenvalue weighted by atomic mass is 10.1. The summed E-state index contributed by atoms with van der Waals surface area (Å²) in [7, 11) is 2.93. The number of amides is 1. The van der Waals surface area contributed by atoms with Gasteiger partial charge in [-0.15, -0.1) is 0 Å². The number of carbonyl (C=O) groups is 1. The van der Waals surface area contributed by atoms with Crippen LogP contribution >= 0.6 is 0 Å². The first-order valence-corrected chi connectivity index (χ1v) is 5.76. The molecule has 0 radical (unpaired) electrons. The first-order chi connectivity index (χ1) is 9.32. The van der Waals surface area contributed by atoms with Crippen molar-refractivity contribution in [3.05, 3.63) is 37.9 Å². The number of rotatable bonds is 4. The highest BCUT2D eigenvalue weighted by Crippen LogP contribution is 2.37. The number of benzene rings is 1. The van der Waals surface area contributed by atoms with Gasteiger partial charge in [0.25, 0.3) is 17.3 Å². The molecular weight excluding hydrogens is 268 g/mol. The van der Waals surface area contributed by atoms with Crippen molar-refractivity contribution in [3.8, 4) is 0 Å². The molecule has 106 valence electrons. The molecule has 1 amide bonds. The highest BCUT2D eigenvalue weighted by Gasteiger charge is 2.33.